The third-order valence-corrected chi connectivity index (χ3v) is 5.93. The van der Waals surface area contributed by atoms with Crippen LogP contribution in [0.5, 0.6) is 0 Å². The number of nitrogens with zero attached hydrogens (tertiary/aromatic N) is 3. The molecule has 172 valence electrons. The van der Waals surface area contributed by atoms with Crippen molar-refractivity contribution in [3.05, 3.63) is 81.6 Å². The van der Waals surface area contributed by atoms with E-state index >= 15 is 0 Å². The summed E-state index contributed by atoms with van der Waals surface area (Å²) in [6.45, 7) is 0. The van der Waals surface area contributed by atoms with E-state index in [0.717, 1.165) is 11.8 Å². The molecule has 4 rings (SSSR count). The molecular formula is C22H16ClN5O5S. The zero-order chi connectivity index (χ0) is 24.1. The van der Waals surface area contributed by atoms with E-state index in [9.17, 15) is 19.7 Å². The number of amidine groups is 1. The van der Waals surface area contributed by atoms with Gasteiger partial charge in [-0.05, 0) is 42.5 Å². The minimum atomic E-state index is -0.643. The number of nitrogens with one attached hydrogen (secondary N) is 2. The second-order valence-electron chi connectivity index (χ2n) is 6.98. The maximum absolute atomic E-state index is 12.2. The number of nitro benzene ring substituents is 1. The van der Waals surface area contributed by atoms with Gasteiger partial charge in [0.1, 0.15) is 16.8 Å². The fourth-order valence-corrected chi connectivity index (χ4v) is 4.10. The molecule has 2 heterocycles. The van der Waals surface area contributed by atoms with Crippen LogP contribution in [-0.2, 0) is 9.59 Å². The summed E-state index contributed by atoms with van der Waals surface area (Å²) in [4.78, 5) is 35.1. The van der Waals surface area contributed by atoms with E-state index in [0.29, 0.717) is 27.8 Å². The number of carbonyl (C=O) groups excluding carboxylic acids is 2. The summed E-state index contributed by atoms with van der Waals surface area (Å²) >= 11 is 6.92. The van der Waals surface area contributed by atoms with Gasteiger partial charge in [-0.3, -0.25) is 19.7 Å². The molecular weight excluding hydrogens is 482 g/mol. The lowest BCUT2D eigenvalue weighted by atomic mass is 10.1. The number of anilines is 1. The van der Waals surface area contributed by atoms with Crippen LogP contribution in [-0.4, -0.2) is 33.4 Å². The van der Waals surface area contributed by atoms with Crippen molar-refractivity contribution in [2.75, 3.05) is 5.32 Å². The number of benzene rings is 2. The first-order valence-electron chi connectivity index (χ1n) is 9.86. The summed E-state index contributed by atoms with van der Waals surface area (Å²) < 4.78 is 5.61. The van der Waals surface area contributed by atoms with Crippen molar-refractivity contribution < 1.29 is 18.9 Å². The molecule has 3 aromatic rings. The van der Waals surface area contributed by atoms with E-state index in [2.05, 4.69) is 20.8 Å². The molecule has 1 aliphatic rings. The fraction of sp³-hybridized carbons (Fsp3) is 0.0909. The highest BCUT2D eigenvalue weighted by atomic mass is 35.5. The Morgan fingerprint density at radius 3 is 2.74 bits per heavy atom. The van der Waals surface area contributed by atoms with Crippen LogP contribution >= 0.6 is 23.4 Å². The van der Waals surface area contributed by atoms with Gasteiger partial charge < -0.3 is 15.1 Å². The standard InChI is InChI=1S/C22H16ClN5O5S/c23-13-5-7-14(8-6-13)25-20(29)11-19-21(30)26-22(34-19)27-24-12-15-9-10-18(33-15)16-3-1-2-4-17(16)28(31)32/h1-10,12,19H,11H2,(H,25,29)(H,26,27,30)/b24-12+. The zero-order valence-corrected chi connectivity index (χ0v) is 18.9. The lowest BCUT2D eigenvalue weighted by molar-refractivity contribution is -0.384. The number of nitro groups is 1. The minimum Gasteiger partial charge on any atom is -0.455 e. The van der Waals surface area contributed by atoms with Crippen LogP contribution in [0.2, 0.25) is 5.02 Å². The molecule has 0 saturated carbocycles. The Morgan fingerprint density at radius 2 is 1.97 bits per heavy atom. The van der Waals surface area contributed by atoms with E-state index in [1.807, 2.05) is 0 Å². The number of furan rings is 1. The molecule has 2 aromatic carbocycles. The number of amides is 2. The SMILES string of the molecule is O=C(CC1S/C(=N\N=C\c2ccc(-c3ccccc3[N+](=O)[O-])o2)NC1=O)Nc1ccc(Cl)cc1. The topological polar surface area (TPSA) is 139 Å². The molecule has 0 aliphatic carbocycles. The Hall–Kier alpha value is -3.96. The van der Waals surface area contributed by atoms with Crippen molar-refractivity contribution in [3.63, 3.8) is 0 Å². The largest absolute Gasteiger partial charge is 0.455 e. The van der Waals surface area contributed by atoms with Gasteiger partial charge >= 0.3 is 0 Å². The van der Waals surface area contributed by atoms with Crippen LogP contribution in [0.25, 0.3) is 11.3 Å². The quantitative estimate of drug-likeness (QED) is 0.280. The van der Waals surface area contributed by atoms with Crippen molar-refractivity contribution >= 4 is 57.9 Å². The Kier molecular flexibility index (Phi) is 7.04. The monoisotopic (exact) mass is 497 g/mol. The number of carbonyl (C=O) groups is 2. The van der Waals surface area contributed by atoms with Gasteiger partial charge in [-0.15, -0.1) is 5.10 Å². The molecule has 1 saturated heterocycles. The normalized spacial score (nSPS) is 16.7. The van der Waals surface area contributed by atoms with Gasteiger partial charge in [0.15, 0.2) is 5.17 Å². The number of para-hydroxylation sites is 1. The summed E-state index contributed by atoms with van der Waals surface area (Å²) in [6.07, 6.45) is 1.28. The summed E-state index contributed by atoms with van der Waals surface area (Å²) in [5, 5.41) is 24.5. The van der Waals surface area contributed by atoms with Crippen LogP contribution in [0.3, 0.4) is 0 Å². The van der Waals surface area contributed by atoms with Crippen molar-refractivity contribution in [1.29, 1.82) is 0 Å². The third-order valence-electron chi connectivity index (χ3n) is 4.60. The van der Waals surface area contributed by atoms with Crippen LogP contribution in [0.1, 0.15) is 12.2 Å². The third kappa shape index (κ3) is 5.69. The first kappa shape index (κ1) is 23.2. The van der Waals surface area contributed by atoms with Crippen LogP contribution < -0.4 is 10.6 Å². The van der Waals surface area contributed by atoms with E-state index < -0.39 is 10.2 Å². The van der Waals surface area contributed by atoms with Gasteiger partial charge in [0.25, 0.3) is 5.69 Å². The number of hydrogen-bond acceptors (Lipinski definition) is 8. The summed E-state index contributed by atoms with van der Waals surface area (Å²) in [6, 6.07) is 16.1. The number of hydrogen-bond donors (Lipinski definition) is 2. The van der Waals surface area contributed by atoms with Gasteiger partial charge in [0.05, 0.1) is 16.7 Å². The Balaban J connectivity index is 1.35. The second kappa shape index (κ2) is 10.3. The summed E-state index contributed by atoms with van der Waals surface area (Å²) in [7, 11) is 0. The molecule has 1 aliphatic heterocycles. The number of rotatable bonds is 7. The van der Waals surface area contributed by atoms with Crippen molar-refractivity contribution in [2.24, 2.45) is 10.2 Å². The van der Waals surface area contributed by atoms with Gasteiger partial charge in [-0.25, -0.2) is 0 Å². The molecule has 0 spiro atoms. The number of halogens is 1. The maximum atomic E-state index is 12.2. The van der Waals surface area contributed by atoms with Crippen LogP contribution in [0.4, 0.5) is 11.4 Å². The first-order chi connectivity index (χ1) is 16.4. The molecule has 1 unspecified atom stereocenters. The highest BCUT2D eigenvalue weighted by Gasteiger charge is 2.32. The highest BCUT2D eigenvalue weighted by Crippen LogP contribution is 2.30. The lowest BCUT2D eigenvalue weighted by Gasteiger charge is -2.07. The van der Waals surface area contributed by atoms with E-state index in [1.165, 1.54) is 12.3 Å². The van der Waals surface area contributed by atoms with Gasteiger partial charge in [-0.1, -0.05) is 35.5 Å². The number of thioether (sulfide) groups is 1. The lowest BCUT2D eigenvalue weighted by Crippen LogP contribution is -2.28. The maximum Gasteiger partial charge on any atom is 0.280 e. The van der Waals surface area contributed by atoms with Crippen LogP contribution in [0.15, 0.2) is 75.3 Å². The highest BCUT2D eigenvalue weighted by molar-refractivity contribution is 8.15. The first-order valence-corrected chi connectivity index (χ1v) is 11.1. The van der Waals surface area contributed by atoms with Gasteiger partial charge in [-0.2, -0.15) is 5.10 Å². The molecule has 1 aromatic heterocycles. The van der Waals surface area contributed by atoms with Crippen molar-refractivity contribution in [2.45, 2.75) is 11.7 Å². The Labute approximate surface area is 202 Å². The molecule has 2 N–H and O–H groups in total. The molecule has 12 heteroatoms. The fourth-order valence-electron chi connectivity index (χ4n) is 3.05. The summed E-state index contributed by atoms with van der Waals surface area (Å²) in [5.41, 5.74) is 0.850. The average Bonchev–Trinajstić information content (AvgIpc) is 3.42. The predicted molar refractivity (Wildman–Crippen MR) is 130 cm³/mol. The smallest absolute Gasteiger partial charge is 0.280 e. The van der Waals surface area contributed by atoms with E-state index in [1.54, 1.807) is 54.6 Å². The molecule has 1 fully saturated rings. The summed E-state index contributed by atoms with van der Waals surface area (Å²) in [5.74, 6) is -0.0258. The Morgan fingerprint density at radius 1 is 1.21 bits per heavy atom. The Bertz CT molecular complexity index is 1310. The molecule has 34 heavy (non-hydrogen) atoms. The van der Waals surface area contributed by atoms with E-state index in [4.69, 9.17) is 16.0 Å². The van der Waals surface area contributed by atoms with Crippen molar-refractivity contribution in [1.82, 2.24) is 5.32 Å². The molecule has 10 nitrogen and oxygen atoms in total. The van der Waals surface area contributed by atoms with Crippen molar-refractivity contribution in [3.8, 4) is 11.3 Å². The molecule has 1 atom stereocenters. The van der Waals surface area contributed by atoms with Crippen LogP contribution in [0, 0.1) is 10.1 Å². The molecule has 0 radical (unpaired) electrons. The van der Waals surface area contributed by atoms with Gasteiger partial charge in [0.2, 0.25) is 11.8 Å². The van der Waals surface area contributed by atoms with E-state index in [-0.39, 0.29) is 29.1 Å². The molecule has 0 bridgehead atoms. The average molecular weight is 498 g/mol. The zero-order valence-electron chi connectivity index (χ0n) is 17.3. The predicted octanol–water partition coefficient (Wildman–Crippen LogP) is 4.46. The second-order valence-corrected chi connectivity index (χ2v) is 8.61. The molecule has 2 amide bonds. The minimum absolute atomic E-state index is 0.0424. The van der Waals surface area contributed by atoms with Gasteiger partial charge in [0, 0.05) is 23.2 Å².